The second kappa shape index (κ2) is 3.71. The molecule has 5 heteroatoms. The Morgan fingerprint density at radius 1 is 1.58 bits per heavy atom. The summed E-state index contributed by atoms with van der Waals surface area (Å²) in [5.41, 5.74) is 3.87. The van der Waals surface area contributed by atoms with Crippen LogP contribution in [-0.2, 0) is 4.74 Å². The van der Waals surface area contributed by atoms with Crippen molar-refractivity contribution in [2.45, 2.75) is 18.4 Å². The number of halogens is 1. The summed E-state index contributed by atoms with van der Waals surface area (Å²) in [5, 5.41) is 3.05. The van der Waals surface area contributed by atoms with Crippen LogP contribution in [0.2, 0.25) is 0 Å². The highest BCUT2D eigenvalue weighted by Crippen LogP contribution is 2.23. The van der Waals surface area contributed by atoms with Crippen LogP contribution >= 0.6 is 0 Å². The average molecular weight is 176 g/mol. The first-order valence-corrected chi connectivity index (χ1v) is 3.94. The van der Waals surface area contributed by atoms with E-state index in [1.54, 1.807) is 0 Å². The highest BCUT2D eigenvalue weighted by atomic mass is 19.1. The van der Waals surface area contributed by atoms with E-state index < -0.39 is 18.4 Å². The zero-order valence-corrected chi connectivity index (χ0v) is 6.81. The van der Waals surface area contributed by atoms with Crippen molar-refractivity contribution >= 4 is 6.09 Å². The quantitative estimate of drug-likeness (QED) is 0.630. The highest BCUT2D eigenvalue weighted by Gasteiger charge is 2.35. The Bertz CT molecular complexity index is 169. The van der Waals surface area contributed by atoms with E-state index in [2.05, 4.69) is 5.32 Å². The molecule has 0 radical (unpaired) electrons. The van der Waals surface area contributed by atoms with Gasteiger partial charge >= 0.3 is 6.09 Å². The smallest absolute Gasteiger partial charge is 0.405 e. The highest BCUT2D eigenvalue weighted by molar-refractivity contribution is 5.65. The largest absolute Gasteiger partial charge is 0.440 e. The molecule has 1 heterocycles. The van der Waals surface area contributed by atoms with Crippen molar-refractivity contribution in [1.29, 1.82) is 0 Å². The summed E-state index contributed by atoms with van der Waals surface area (Å²) in [5.74, 6) is 0. The molecule has 3 N–H and O–H groups in total. The molecular formula is C7H13FN2O2. The predicted molar refractivity (Wildman–Crippen MR) is 41.5 cm³/mol. The van der Waals surface area contributed by atoms with Crippen LogP contribution in [0.4, 0.5) is 9.18 Å². The number of nitrogens with two attached hydrogens (primary N) is 1. The van der Waals surface area contributed by atoms with E-state index >= 15 is 0 Å². The Morgan fingerprint density at radius 2 is 2.17 bits per heavy atom. The van der Waals surface area contributed by atoms with Gasteiger partial charge in [-0.1, -0.05) is 0 Å². The molecular weight excluding hydrogens is 163 g/mol. The van der Waals surface area contributed by atoms with Crippen LogP contribution in [0, 0.1) is 0 Å². The first-order valence-electron chi connectivity index (χ1n) is 3.94. The van der Waals surface area contributed by atoms with E-state index in [9.17, 15) is 9.18 Å². The van der Waals surface area contributed by atoms with Crippen LogP contribution in [0.5, 0.6) is 0 Å². The average Bonchev–Trinajstić information content (AvgIpc) is 2.05. The minimum atomic E-state index is -0.961. The van der Waals surface area contributed by atoms with E-state index in [-0.39, 0.29) is 0 Å². The lowest BCUT2D eigenvalue weighted by Gasteiger charge is -2.33. The van der Waals surface area contributed by atoms with Crippen LogP contribution in [0.25, 0.3) is 0 Å². The van der Waals surface area contributed by atoms with Gasteiger partial charge < -0.3 is 15.8 Å². The van der Waals surface area contributed by atoms with Gasteiger partial charge in [0.05, 0.1) is 0 Å². The van der Waals surface area contributed by atoms with Gasteiger partial charge in [0, 0.05) is 12.8 Å². The second-order valence-electron chi connectivity index (χ2n) is 2.99. The standard InChI is InChI=1S/C7H13FN2O2/c8-5-7(12-6(9)11)1-3-10-4-2-7/h10H,1-5H2,(H2,9,11). The molecule has 0 saturated carbocycles. The molecule has 0 unspecified atom stereocenters. The zero-order chi connectivity index (χ0) is 9.03. The monoisotopic (exact) mass is 176 g/mol. The van der Waals surface area contributed by atoms with E-state index in [0.717, 1.165) is 0 Å². The molecule has 4 nitrogen and oxygen atoms in total. The number of primary amides is 1. The van der Waals surface area contributed by atoms with E-state index in [4.69, 9.17) is 10.5 Å². The molecule has 0 bridgehead atoms. The zero-order valence-electron chi connectivity index (χ0n) is 6.81. The van der Waals surface area contributed by atoms with Crippen molar-refractivity contribution in [2.24, 2.45) is 5.73 Å². The van der Waals surface area contributed by atoms with Crippen molar-refractivity contribution in [3.8, 4) is 0 Å². The number of carbonyl (C=O) groups excluding carboxylic acids is 1. The van der Waals surface area contributed by atoms with E-state index in [1.807, 2.05) is 0 Å². The fraction of sp³-hybridized carbons (Fsp3) is 0.857. The molecule has 70 valence electrons. The summed E-state index contributed by atoms with van der Waals surface area (Å²) in [4.78, 5) is 10.4. The lowest BCUT2D eigenvalue weighted by Crippen LogP contribution is -2.47. The van der Waals surface area contributed by atoms with Gasteiger partial charge in [0.25, 0.3) is 0 Å². The summed E-state index contributed by atoms with van der Waals surface area (Å²) in [7, 11) is 0. The van der Waals surface area contributed by atoms with Gasteiger partial charge in [0.1, 0.15) is 12.3 Å². The minimum absolute atomic E-state index is 0.492. The Hall–Kier alpha value is -0.840. The second-order valence-corrected chi connectivity index (χ2v) is 2.99. The molecule has 12 heavy (non-hydrogen) atoms. The van der Waals surface area contributed by atoms with Crippen molar-refractivity contribution in [1.82, 2.24) is 5.32 Å². The first-order chi connectivity index (χ1) is 5.68. The van der Waals surface area contributed by atoms with Gasteiger partial charge in [-0.2, -0.15) is 0 Å². The number of piperidine rings is 1. The number of hydrogen-bond acceptors (Lipinski definition) is 3. The molecule has 0 spiro atoms. The summed E-state index contributed by atoms with van der Waals surface area (Å²) in [6, 6.07) is 0. The summed E-state index contributed by atoms with van der Waals surface area (Å²) in [6.45, 7) is 0.673. The fourth-order valence-corrected chi connectivity index (χ4v) is 1.36. The van der Waals surface area contributed by atoms with Gasteiger partial charge in [-0.15, -0.1) is 0 Å². The van der Waals surface area contributed by atoms with Crippen LogP contribution in [-0.4, -0.2) is 31.5 Å². The van der Waals surface area contributed by atoms with Crippen LogP contribution in [0.3, 0.4) is 0 Å². The number of hydrogen-bond donors (Lipinski definition) is 2. The number of amides is 1. The maximum atomic E-state index is 12.5. The number of nitrogens with one attached hydrogen (secondary N) is 1. The van der Waals surface area contributed by atoms with E-state index in [0.29, 0.717) is 25.9 Å². The lowest BCUT2D eigenvalue weighted by atomic mass is 9.94. The van der Waals surface area contributed by atoms with Gasteiger partial charge in [-0.25, -0.2) is 9.18 Å². The van der Waals surface area contributed by atoms with Crippen molar-refractivity contribution in [2.75, 3.05) is 19.8 Å². The Morgan fingerprint density at radius 3 is 2.58 bits per heavy atom. The van der Waals surface area contributed by atoms with Gasteiger partial charge in [0.2, 0.25) is 0 Å². The minimum Gasteiger partial charge on any atom is -0.440 e. The van der Waals surface area contributed by atoms with Crippen LogP contribution in [0.15, 0.2) is 0 Å². The molecule has 0 aromatic rings. The van der Waals surface area contributed by atoms with Crippen LogP contribution < -0.4 is 11.1 Å². The lowest BCUT2D eigenvalue weighted by molar-refractivity contribution is -0.0242. The van der Waals surface area contributed by atoms with E-state index in [1.165, 1.54) is 0 Å². The van der Waals surface area contributed by atoms with Gasteiger partial charge in [0.15, 0.2) is 0 Å². The number of ether oxygens (including phenoxy) is 1. The predicted octanol–water partition coefficient (Wildman–Crippen LogP) is 0.173. The topological polar surface area (TPSA) is 64.4 Å². The van der Waals surface area contributed by atoms with Gasteiger partial charge in [-0.3, -0.25) is 0 Å². The van der Waals surface area contributed by atoms with Crippen molar-refractivity contribution in [3.05, 3.63) is 0 Å². The fourth-order valence-electron chi connectivity index (χ4n) is 1.36. The Kier molecular flexibility index (Phi) is 2.86. The van der Waals surface area contributed by atoms with Crippen molar-refractivity contribution < 1.29 is 13.9 Å². The van der Waals surface area contributed by atoms with Crippen molar-refractivity contribution in [3.63, 3.8) is 0 Å². The summed E-state index contributed by atoms with van der Waals surface area (Å²) < 4.78 is 17.3. The third kappa shape index (κ3) is 2.07. The van der Waals surface area contributed by atoms with Gasteiger partial charge in [-0.05, 0) is 13.1 Å². The number of carbonyl (C=O) groups is 1. The molecule has 1 saturated heterocycles. The molecule has 1 fully saturated rings. The van der Waals surface area contributed by atoms with Crippen LogP contribution in [0.1, 0.15) is 12.8 Å². The SMILES string of the molecule is NC(=O)OC1(CF)CCNCC1. The molecule has 1 aliphatic rings. The number of alkyl halides is 1. The molecule has 0 aromatic carbocycles. The Balaban J connectivity index is 2.53. The maximum absolute atomic E-state index is 12.5. The molecule has 0 atom stereocenters. The number of rotatable bonds is 2. The summed E-state index contributed by atoms with van der Waals surface area (Å²) in [6.07, 6.45) is 0.0911. The molecule has 0 aromatic heterocycles. The molecule has 1 aliphatic heterocycles. The molecule has 1 amide bonds. The first kappa shape index (κ1) is 9.25. The normalized spacial score (nSPS) is 21.8. The third-order valence-corrected chi connectivity index (χ3v) is 2.08. The molecule has 0 aliphatic carbocycles. The summed E-state index contributed by atoms with van der Waals surface area (Å²) >= 11 is 0. The maximum Gasteiger partial charge on any atom is 0.405 e. The Labute approximate surface area is 70.3 Å². The third-order valence-electron chi connectivity index (χ3n) is 2.08. The molecule has 1 rings (SSSR count).